The summed E-state index contributed by atoms with van der Waals surface area (Å²) in [6.07, 6.45) is 3.81. The zero-order valence-corrected chi connectivity index (χ0v) is 19.2. The van der Waals surface area contributed by atoms with Gasteiger partial charge in [0.15, 0.2) is 5.76 Å². The number of rotatable bonds is 5. The number of hydrogen-bond acceptors (Lipinski definition) is 5. The molecule has 0 aliphatic carbocycles. The molecule has 0 spiro atoms. The summed E-state index contributed by atoms with van der Waals surface area (Å²) in [5.74, 6) is -0.0805. The van der Waals surface area contributed by atoms with Gasteiger partial charge in [0.05, 0.1) is 23.7 Å². The molecular formula is C29H22N4O3. The molecule has 176 valence electrons. The van der Waals surface area contributed by atoms with Crippen LogP contribution >= 0.6 is 0 Å². The third-order valence-corrected chi connectivity index (χ3v) is 6.24. The van der Waals surface area contributed by atoms with Crippen LogP contribution in [0, 0.1) is 0 Å². The number of hydrogen-bond donors (Lipinski definition) is 1. The van der Waals surface area contributed by atoms with Gasteiger partial charge in [-0.1, -0.05) is 66.7 Å². The van der Waals surface area contributed by atoms with E-state index >= 15 is 0 Å². The summed E-state index contributed by atoms with van der Waals surface area (Å²) in [6, 6.07) is 29.6. The Bertz CT molecular complexity index is 1540. The second-order valence-electron chi connectivity index (χ2n) is 8.49. The lowest BCUT2D eigenvalue weighted by atomic mass is 9.96. The fourth-order valence-electron chi connectivity index (χ4n) is 4.49. The van der Waals surface area contributed by atoms with Crippen molar-refractivity contribution in [2.75, 3.05) is 0 Å². The van der Waals surface area contributed by atoms with Crippen molar-refractivity contribution in [2.24, 2.45) is 5.10 Å². The Balaban J connectivity index is 1.48. The van der Waals surface area contributed by atoms with Gasteiger partial charge in [0.2, 0.25) is 0 Å². The lowest BCUT2D eigenvalue weighted by Crippen LogP contribution is -2.26. The molecule has 2 aromatic heterocycles. The molecule has 0 fully saturated rings. The van der Waals surface area contributed by atoms with Crippen LogP contribution < -0.4 is 0 Å². The van der Waals surface area contributed by atoms with Crippen molar-refractivity contribution < 1.29 is 14.3 Å². The standard InChI is InChI=1S/C29H22N4O3/c34-26-15-8-7-14-22(26)25-18-24(30-33(25)29(35)27-16-9-17-36-27)23-19-32(21-12-5-2-6-13-21)31-28(23)20-10-3-1-4-11-20/h1-17,19,25,34H,18H2/t25-/m0/s1. The quantitative estimate of drug-likeness (QED) is 0.347. The minimum absolute atomic E-state index is 0.111. The van der Waals surface area contributed by atoms with Gasteiger partial charge in [0.25, 0.3) is 0 Å². The zero-order chi connectivity index (χ0) is 24.5. The van der Waals surface area contributed by atoms with Gasteiger partial charge in [-0.25, -0.2) is 9.69 Å². The molecule has 1 atom stereocenters. The highest BCUT2D eigenvalue weighted by atomic mass is 16.3. The third kappa shape index (κ3) is 3.86. The Labute approximate surface area is 207 Å². The Morgan fingerprint density at radius 3 is 2.33 bits per heavy atom. The van der Waals surface area contributed by atoms with Gasteiger partial charge in [-0.05, 0) is 30.3 Å². The van der Waals surface area contributed by atoms with Crippen LogP contribution in [-0.4, -0.2) is 31.5 Å². The Morgan fingerprint density at radius 2 is 1.61 bits per heavy atom. The van der Waals surface area contributed by atoms with Crippen LogP contribution in [-0.2, 0) is 0 Å². The number of phenolic OH excluding ortho intramolecular Hbond substituents is 1. The number of carbonyl (C=O) groups excluding carboxylic acids is 1. The smallest absolute Gasteiger partial charge is 0.310 e. The van der Waals surface area contributed by atoms with Gasteiger partial charge < -0.3 is 9.52 Å². The van der Waals surface area contributed by atoms with E-state index in [1.807, 2.05) is 83.7 Å². The second kappa shape index (κ2) is 9.03. The predicted molar refractivity (Wildman–Crippen MR) is 136 cm³/mol. The van der Waals surface area contributed by atoms with E-state index in [1.165, 1.54) is 11.3 Å². The summed E-state index contributed by atoms with van der Waals surface area (Å²) in [7, 11) is 0. The molecule has 0 saturated heterocycles. The first kappa shape index (κ1) is 21.6. The van der Waals surface area contributed by atoms with Gasteiger partial charge in [-0.3, -0.25) is 4.79 Å². The molecule has 0 radical (unpaired) electrons. The monoisotopic (exact) mass is 474 g/mol. The topological polar surface area (TPSA) is 83.9 Å². The Morgan fingerprint density at radius 1 is 0.889 bits per heavy atom. The molecule has 0 unspecified atom stereocenters. The van der Waals surface area contributed by atoms with Crippen LogP contribution in [0.15, 0.2) is 119 Å². The molecule has 1 aliphatic heterocycles. The van der Waals surface area contributed by atoms with Crippen LogP contribution in [0.4, 0.5) is 0 Å². The van der Waals surface area contributed by atoms with Gasteiger partial charge in [-0.2, -0.15) is 10.2 Å². The minimum Gasteiger partial charge on any atom is -0.508 e. The Kier molecular flexibility index (Phi) is 5.42. The highest BCUT2D eigenvalue weighted by Gasteiger charge is 2.37. The van der Waals surface area contributed by atoms with Crippen molar-refractivity contribution in [1.82, 2.24) is 14.8 Å². The van der Waals surface area contributed by atoms with Gasteiger partial charge in [0.1, 0.15) is 11.4 Å². The molecule has 3 heterocycles. The fraction of sp³-hybridized carbons (Fsp3) is 0.0690. The second-order valence-corrected chi connectivity index (χ2v) is 8.49. The molecule has 36 heavy (non-hydrogen) atoms. The summed E-state index contributed by atoms with van der Waals surface area (Å²) >= 11 is 0. The Hall–Kier alpha value is -4.91. The number of amides is 1. The first-order valence-electron chi connectivity index (χ1n) is 11.6. The number of nitrogens with zero attached hydrogens (tertiary/aromatic N) is 4. The fourth-order valence-corrected chi connectivity index (χ4v) is 4.49. The third-order valence-electron chi connectivity index (χ3n) is 6.24. The van der Waals surface area contributed by atoms with E-state index in [4.69, 9.17) is 14.6 Å². The molecule has 3 aromatic carbocycles. The van der Waals surface area contributed by atoms with E-state index < -0.39 is 6.04 Å². The SMILES string of the molecule is O=C(c1ccco1)N1N=C(c2cn(-c3ccccc3)nc2-c2ccccc2)C[C@H]1c1ccccc1O. The van der Waals surface area contributed by atoms with Gasteiger partial charge in [-0.15, -0.1) is 0 Å². The van der Waals surface area contributed by atoms with E-state index in [-0.39, 0.29) is 17.4 Å². The number of benzene rings is 3. The van der Waals surface area contributed by atoms with Crippen LogP contribution in [0.2, 0.25) is 0 Å². The van der Waals surface area contributed by atoms with Crippen molar-refractivity contribution in [3.8, 4) is 22.7 Å². The molecular weight excluding hydrogens is 452 g/mol. The van der Waals surface area contributed by atoms with Crippen molar-refractivity contribution >= 4 is 11.6 Å². The predicted octanol–water partition coefficient (Wildman–Crippen LogP) is 5.83. The summed E-state index contributed by atoms with van der Waals surface area (Å²) in [6.45, 7) is 0. The van der Waals surface area contributed by atoms with Crippen LogP contribution in [0.25, 0.3) is 16.9 Å². The molecule has 0 bridgehead atoms. The summed E-state index contributed by atoms with van der Waals surface area (Å²) in [4.78, 5) is 13.4. The van der Waals surface area contributed by atoms with Crippen LogP contribution in [0.5, 0.6) is 5.75 Å². The average Bonchev–Trinajstić information content (AvgIpc) is 3.69. The molecule has 7 heteroatoms. The maximum absolute atomic E-state index is 13.4. The van der Waals surface area contributed by atoms with E-state index in [0.717, 1.165) is 22.5 Å². The maximum Gasteiger partial charge on any atom is 0.310 e. The van der Waals surface area contributed by atoms with Crippen LogP contribution in [0.1, 0.15) is 34.1 Å². The highest BCUT2D eigenvalue weighted by Crippen LogP contribution is 2.39. The van der Waals surface area contributed by atoms with Gasteiger partial charge in [0, 0.05) is 29.3 Å². The highest BCUT2D eigenvalue weighted by molar-refractivity contribution is 6.08. The number of aromatic nitrogens is 2. The average molecular weight is 475 g/mol. The zero-order valence-electron chi connectivity index (χ0n) is 19.2. The summed E-state index contributed by atoms with van der Waals surface area (Å²) in [5.41, 5.74) is 4.76. The number of furan rings is 1. The van der Waals surface area contributed by atoms with E-state index in [0.29, 0.717) is 17.7 Å². The summed E-state index contributed by atoms with van der Waals surface area (Å²) < 4.78 is 7.20. The van der Waals surface area contributed by atoms with E-state index in [9.17, 15) is 9.90 Å². The maximum atomic E-state index is 13.4. The molecule has 1 amide bonds. The lowest BCUT2D eigenvalue weighted by molar-refractivity contribution is 0.0677. The molecule has 0 saturated carbocycles. The number of carbonyl (C=O) groups is 1. The summed E-state index contributed by atoms with van der Waals surface area (Å²) in [5, 5.41) is 21.7. The molecule has 1 N–H and O–H groups in total. The van der Waals surface area contributed by atoms with E-state index in [2.05, 4.69) is 0 Å². The lowest BCUT2D eigenvalue weighted by Gasteiger charge is -2.21. The normalized spacial score (nSPS) is 15.2. The van der Waals surface area contributed by atoms with E-state index in [1.54, 1.807) is 24.3 Å². The number of para-hydroxylation sites is 2. The molecule has 6 rings (SSSR count). The minimum atomic E-state index is -0.498. The molecule has 7 nitrogen and oxygen atoms in total. The number of aromatic hydroxyl groups is 1. The molecule has 5 aromatic rings. The van der Waals surface area contributed by atoms with Crippen molar-refractivity contribution in [1.29, 1.82) is 0 Å². The van der Waals surface area contributed by atoms with Crippen LogP contribution in [0.3, 0.4) is 0 Å². The first-order valence-corrected chi connectivity index (χ1v) is 11.6. The first-order chi connectivity index (χ1) is 17.7. The molecule has 1 aliphatic rings. The largest absolute Gasteiger partial charge is 0.508 e. The van der Waals surface area contributed by atoms with Crippen molar-refractivity contribution in [2.45, 2.75) is 12.5 Å². The number of phenols is 1. The van der Waals surface area contributed by atoms with Gasteiger partial charge >= 0.3 is 5.91 Å². The van der Waals surface area contributed by atoms with Crippen molar-refractivity contribution in [3.63, 3.8) is 0 Å². The van der Waals surface area contributed by atoms with Crippen molar-refractivity contribution in [3.05, 3.63) is 126 Å². The number of hydrazone groups is 1.